The van der Waals surface area contributed by atoms with Crippen molar-refractivity contribution in [1.29, 1.82) is 0 Å². The second kappa shape index (κ2) is 7.18. The molecule has 1 heterocycles. The molecule has 1 amide bonds. The number of carbonyl (C=O) groups excluding carboxylic acids is 1. The Morgan fingerprint density at radius 3 is 2.44 bits per heavy atom. The van der Waals surface area contributed by atoms with Gasteiger partial charge in [0, 0.05) is 18.2 Å². The summed E-state index contributed by atoms with van der Waals surface area (Å²) in [5.74, 6) is 0.714. The topological polar surface area (TPSA) is 47.6 Å². The van der Waals surface area contributed by atoms with Crippen molar-refractivity contribution in [3.63, 3.8) is 0 Å². The van der Waals surface area contributed by atoms with Gasteiger partial charge in [-0.3, -0.25) is 4.79 Å². The summed E-state index contributed by atoms with van der Waals surface area (Å²) >= 11 is 0. The lowest BCUT2D eigenvalue weighted by atomic mass is 9.77. The molecule has 0 bridgehead atoms. The first-order chi connectivity index (χ1) is 13.0. The maximum atomic E-state index is 13.1. The summed E-state index contributed by atoms with van der Waals surface area (Å²) in [6, 6.07) is 14.8. The van der Waals surface area contributed by atoms with Crippen LogP contribution in [0.25, 0.3) is 0 Å². The van der Waals surface area contributed by atoms with Gasteiger partial charge in [0.25, 0.3) is 0 Å². The van der Waals surface area contributed by atoms with E-state index in [1.807, 2.05) is 6.07 Å². The zero-order valence-electron chi connectivity index (χ0n) is 14.8. The van der Waals surface area contributed by atoms with Gasteiger partial charge in [-0.1, -0.05) is 30.3 Å². The Balaban J connectivity index is 1.28. The number of carbonyl (C=O) groups is 1. The third kappa shape index (κ3) is 4.21. The van der Waals surface area contributed by atoms with Crippen molar-refractivity contribution in [3.05, 3.63) is 54.1 Å². The molecule has 6 heteroatoms. The van der Waals surface area contributed by atoms with Gasteiger partial charge in [-0.2, -0.15) is 0 Å². The molecule has 27 heavy (non-hydrogen) atoms. The van der Waals surface area contributed by atoms with Crippen LogP contribution in [0.2, 0.25) is 0 Å². The largest absolute Gasteiger partial charge is 0.586 e. The molecule has 0 atom stereocenters. The van der Waals surface area contributed by atoms with E-state index in [0.717, 1.165) is 25.7 Å². The van der Waals surface area contributed by atoms with Crippen molar-refractivity contribution >= 4 is 11.6 Å². The highest BCUT2D eigenvalue weighted by atomic mass is 19.3. The molecule has 1 saturated carbocycles. The number of rotatable bonds is 4. The molecule has 0 radical (unpaired) electrons. The van der Waals surface area contributed by atoms with Crippen LogP contribution in [0.1, 0.15) is 43.6 Å². The molecule has 4 rings (SSSR count). The van der Waals surface area contributed by atoms with E-state index >= 15 is 0 Å². The van der Waals surface area contributed by atoms with Crippen LogP contribution in [0.4, 0.5) is 14.5 Å². The predicted molar refractivity (Wildman–Crippen MR) is 97.0 cm³/mol. The van der Waals surface area contributed by atoms with E-state index in [4.69, 9.17) is 0 Å². The summed E-state index contributed by atoms with van der Waals surface area (Å²) in [5.41, 5.74) is 1.80. The zero-order chi connectivity index (χ0) is 18.9. The minimum Gasteiger partial charge on any atom is -0.395 e. The molecule has 2 aromatic carbocycles. The molecule has 0 spiro atoms. The maximum Gasteiger partial charge on any atom is 0.586 e. The van der Waals surface area contributed by atoms with Crippen molar-refractivity contribution in [2.24, 2.45) is 5.92 Å². The fourth-order valence-corrected chi connectivity index (χ4v) is 3.93. The van der Waals surface area contributed by atoms with Gasteiger partial charge >= 0.3 is 6.29 Å². The van der Waals surface area contributed by atoms with E-state index in [2.05, 4.69) is 39.1 Å². The Bertz CT molecular complexity index is 817. The van der Waals surface area contributed by atoms with Crippen LogP contribution in [-0.2, 0) is 4.79 Å². The van der Waals surface area contributed by atoms with E-state index in [1.54, 1.807) is 0 Å². The van der Waals surface area contributed by atoms with Crippen LogP contribution in [0, 0.1) is 5.92 Å². The number of hydrogen-bond donors (Lipinski definition) is 1. The van der Waals surface area contributed by atoms with E-state index in [-0.39, 0.29) is 17.4 Å². The van der Waals surface area contributed by atoms with E-state index < -0.39 is 6.29 Å². The van der Waals surface area contributed by atoms with Gasteiger partial charge in [0.05, 0.1) is 0 Å². The smallest absolute Gasteiger partial charge is 0.395 e. The Hall–Kier alpha value is -2.63. The second-order valence-electron chi connectivity index (χ2n) is 7.21. The number of anilines is 1. The predicted octanol–water partition coefficient (Wildman–Crippen LogP) is 5.31. The molecule has 1 N–H and O–H groups in total. The van der Waals surface area contributed by atoms with Crippen LogP contribution < -0.4 is 14.8 Å². The van der Waals surface area contributed by atoms with Crippen molar-refractivity contribution in [1.82, 2.24) is 0 Å². The molecule has 0 unspecified atom stereocenters. The van der Waals surface area contributed by atoms with Crippen LogP contribution in [0.15, 0.2) is 48.5 Å². The van der Waals surface area contributed by atoms with Gasteiger partial charge in [-0.25, -0.2) is 0 Å². The quantitative estimate of drug-likeness (QED) is 0.790. The van der Waals surface area contributed by atoms with Crippen molar-refractivity contribution in [2.45, 2.75) is 44.3 Å². The lowest BCUT2D eigenvalue weighted by molar-refractivity contribution is -0.286. The summed E-state index contributed by atoms with van der Waals surface area (Å²) in [4.78, 5) is 12.3. The Kier molecular flexibility index (Phi) is 4.72. The molecule has 1 fully saturated rings. The third-order valence-corrected chi connectivity index (χ3v) is 5.28. The third-order valence-electron chi connectivity index (χ3n) is 5.28. The number of benzene rings is 2. The lowest BCUT2D eigenvalue weighted by Crippen LogP contribution is -2.25. The minimum atomic E-state index is -3.65. The molecule has 1 aliphatic heterocycles. The summed E-state index contributed by atoms with van der Waals surface area (Å²) in [6.07, 6.45) is 0.983. The average Bonchev–Trinajstić information content (AvgIpc) is 2.96. The fourth-order valence-electron chi connectivity index (χ4n) is 3.93. The number of alkyl halides is 2. The van der Waals surface area contributed by atoms with Crippen LogP contribution in [0.3, 0.4) is 0 Å². The van der Waals surface area contributed by atoms with E-state index in [0.29, 0.717) is 23.9 Å². The SMILES string of the molecule is O=C(C[C@H]1CC[C@@H](c2ccccc2)CC1)Nc1ccc2c(c1)OC(F)(F)O2. The molecule has 0 aromatic heterocycles. The molecule has 0 saturated heterocycles. The van der Waals surface area contributed by atoms with Gasteiger partial charge < -0.3 is 14.8 Å². The number of nitrogens with one attached hydrogen (secondary N) is 1. The Morgan fingerprint density at radius 1 is 1.00 bits per heavy atom. The summed E-state index contributed by atoms with van der Waals surface area (Å²) in [6.45, 7) is 0. The number of fused-ring (bicyclic) bond motifs is 1. The molecule has 2 aliphatic rings. The van der Waals surface area contributed by atoms with Crippen LogP contribution >= 0.6 is 0 Å². The van der Waals surface area contributed by atoms with E-state index in [9.17, 15) is 13.6 Å². The molecule has 2 aromatic rings. The maximum absolute atomic E-state index is 13.1. The van der Waals surface area contributed by atoms with Crippen molar-refractivity contribution in [2.75, 3.05) is 5.32 Å². The van der Waals surface area contributed by atoms with Crippen LogP contribution in [0.5, 0.6) is 11.5 Å². The summed E-state index contributed by atoms with van der Waals surface area (Å²) in [7, 11) is 0. The molecular formula is C21H21F2NO3. The minimum absolute atomic E-state index is 0.0303. The average molecular weight is 373 g/mol. The van der Waals surface area contributed by atoms with Gasteiger partial charge in [0.2, 0.25) is 5.91 Å². The lowest BCUT2D eigenvalue weighted by Gasteiger charge is -2.28. The van der Waals surface area contributed by atoms with Gasteiger partial charge in [-0.05, 0) is 55.2 Å². The number of amides is 1. The van der Waals surface area contributed by atoms with Gasteiger partial charge in [-0.15, -0.1) is 8.78 Å². The zero-order valence-corrected chi connectivity index (χ0v) is 14.8. The fraction of sp³-hybridized carbons (Fsp3) is 0.381. The first kappa shape index (κ1) is 17.8. The second-order valence-corrected chi connectivity index (χ2v) is 7.21. The summed E-state index contributed by atoms with van der Waals surface area (Å²) in [5, 5.41) is 2.77. The number of halogens is 2. The Morgan fingerprint density at radius 2 is 1.70 bits per heavy atom. The Labute approximate surface area is 156 Å². The number of ether oxygens (including phenoxy) is 2. The molecule has 142 valence electrons. The normalized spacial score (nSPS) is 23.0. The first-order valence-corrected chi connectivity index (χ1v) is 9.23. The highest BCUT2D eigenvalue weighted by Gasteiger charge is 2.43. The van der Waals surface area contributed by atoms with Crippen molar-refractivity contribution in [3.8, 4) is 11.5 Å². The molecule has 4 nitrogen and oxygen atoms in total. The van der Waals surface area contributed by atoms with Crippen LogP contribution in [-0.4, -0.2) is 12.2 Å². The standard InChI is InChI=1S/C21H21F2NO3/c22-21(23)26-18-11-10-17(13-19(18)27-21)24-20(25)12-14-6-8-16(9-7-14)15-4-2-1-3-5-15/h1-5,10-11,13-14,16H,6-9,12H2,(H,24,25)/t14-,16+. The molecular weight excluding hydrogens is 352 g/mol. The highest BCUT2D eigenvalue weighted by molar-refractivity contribution is 5.91. The first-order valence-electron chi connectivity index (χ1n) is 9.23. The summed E-state index contributed by atoms with van der Waals surface area (Å²) < 4.78 is 34.9. The monoisotopic (exact) mass is 373 g/mol. The van der Waals surface area contributed by atoms with Gasteiger partial charge in [0.1, 0.15) is 0 Å². The van der Waals surface area contributed by atoms with Gasteiger partial charge in [0.15, 0.2) is 11.5 Å². The van der Waals surface area contributed by atoms with Crippen molar-refractivity contribution < 1.29 is 23.0 Å². The highest BCUT2D eigenvalue weighted by Crippen LogP contribution is 2.42. The van der Waals surface area contributed by atoms with E-state index in [1.165, 1.54) is 23.8 Å². The number of hydrogen-bond acceptors (Lipinski definition) is 3. The molecule has 1 aliphatic carbocycles.